The summed E-state index contributed by atoms with van der Waals surface area (Å²) in [6.07, 6.45) is 1.16. The van der Waals surface area contributed by atoms with Gasteiger partial charge < -0.3 is 19.1 Å². The molecule has 0 fully saturated rings. The topological polar surface area (TPSA) is 48.0 Å². The Balaban J connectivity index is 1.43. The first-order chi connectivity index (χ1) is 12.2. The molecule has 1 amide bonds. The summed E-state index contributed by atoms with van der Waals surface area (Å²) in [6.45, 7) is 2.23. The molecule has 25 heavy (non-hydrogen) atoms. The zero-order chi connectivity index (χ0) is 17.5. The van der Waals surface area contributed by atoms with Crippen molar-refractivity contribution in [3.05, 3.63) is 54.1 Å². The van der Waals surface area contributed by atoms with Crippen molar-refractivity contribution in [2.45, 2.75) is 19.4 Å². The van der Waals surface area contributed by atoms with Gasteiger partial charge in [-0.3, -0.25) is 4.79 Å². The molecule has 0 spiro atoms. The SMILES string of the molecule is CN(Cc1ccc2c(c1)OCCO2)C(=O)CCCOc1ccccc1. The minimum atomic E-state index is 0.103. The third-order valence-electron chi connectivity index (χ3n) is 4.00. The molecule has 0 unspecified atom stereocenters. The molecule has 0 aromatic heterocycles. The molecule has 0 bridgehead atoms. The first-order valence-corrected chi connectivity index (χ1v) is 8.53. The average Bonchev–Trinajstić information content (AvgIpc) is 2.65. The van der Waals surface area contributed by atoms with Crippen LogP contribution >= 0.6 is 0 Å². The number of rotatable bonds is 7. The van der Waals surface area contributed by atoms with Crippen molar-refractivity contribution in [3.8, 4) is 17.2 Å². The molecule has 2 aromatic carbocycles. The Morgan fingerprint density at radius 2 is 1.84 bits per heavy atom. The first kappa shape index (κ1) is 17.1. The minimum Gasteiger partial charge on any atom is -0.494 e. The van der Waals surface area contributed by atoms with Gasteiger partial charge in [0.05, 0.1) is 6.61 Å². The Kier molecular flexibility index (Phi) is 5.77. The van der Waals surface area contributed by atoms with E-state index in [4.69, 9.17) is 14.2 Å². The molecule has 5 nitrogen and oxygen atoms in total. The number of amides is 1. The van der Waals surface area contributed by atoms with E-state index in [-0.39, 0.29) is 5.91 Å². The molecule has 0 aliphatic carbocycles. The van der Waals surface area contributed by atoms with Gasteiger partial charge in [-0.05, 0) is 36.2 Å². The highest BCUT2D eigenvalue weighted by molar-refractivity contribution is 5.75. The van der Waals surface area contributed by atoms with E-state index in [0.717, 1.165) is 22.8 Å². The largest absolute Gasteiger partial charge is 0.494 e. The fourth-order valence-corrected chi connectivity index (χ4v) is 2.67. The quantitative estimate of drug-likeness (QED) is 0.725. The van der Waals surface area contributed by atoms with E-state index in [1.807, 2.05) is 55.6 Å². The van der Waals surface area contributed by atoms with Crippen LogP contribution in [0.5, 0.6) is 17.2 Å². The van der Waals surface area contributed by atoms with Crippen LogP contribution in [-0.4, -0.2) is 37.7 Å². The summed E-state index contributed by atoms with van der Waals surface area (Å²) in [5.74, 6) is 2.45. The molecule has 0 N–H and O–H groups in total. The number of nitrogens with zero attached hydrogens (tertiary/aromatic N) is 1. The van der Waals surface area contributed by atoms with E-state index >= 15 is 0 Å². The zero-order valence-electron chi connectivity index (χ0n) is 14.4. The molecule has 0 saturated heterocycles. The Morgan fingerprint density at radius 1 is 1.08 bits per heavy atom. The van der Waals surface area contributed by atoms with E-state index in [9.17, 15) is 4.79 Å². The molecule has 5 heteroatoms. The van der Waals surface area contributed by atoms with Crippen LogP contribution in [0.1, 0.15) is 18.4 Å². The molecule has 0 saturated carbocycles. The first-order valence-electron chi connectivity index (χ1n) is 8.53. The van der Waals surface area contributed by atoms with Crippen LogP contribution in [0, 0.1) is 0 Å². The maximum atomic E-state index is 12.3. The number of benzene rings is 2. The smallest absolute Gasteiger partial charge is 0.222 e. The zero-order valence-corrected chi connectivity index (χ0v) is 14.4. The lowest BCUT2D eigenvalue weighted by Gasteiger charge is -2.21. The average molecular weight is 341 g/mol. The maximum Gasteiger partial charge on any atom is 0.222 e. The summed E-state index contributed by atoms with van der Waals surface area (Å²) < 4.78 is 16.7. The fraction of sp³-hybridized carbons (Fsp3) is 0.350. The molecule has 1 aliphatic heterocycles. The molecule has 0 atom stereocenters. The van der Waals surface area contributed by atoms with Gasteiger partial charge in [-0.25, -0.2) is 0 Å². The van der Waals surface area contributed by atoms with Gasteiger partial charge in [-0.2, -0.15) is 0 Å². The Labute approximate surface area is 148 Å². The van der Waals surface area contributed by atoms with Gasteiger partial charge in [-0.1, -0.05) is 24.3 Å². The molecule has 1 heterocycles. The number of para-hydroxylation sites is 1. The number of carbonyl (C=O) groups is 1. The molecule has 132 valence electrons. The summed E-state index contributed by atoms with van der Waals surface area (Å²) >= 11 is 0. The number of ether oxygens (including phenoxy) is 3. The van der Waals surface area contributed by atoms with Crippen LogP contribution in [0.15, 0.2) is 48.5 Å². The molecule has 0 radical (unpaired) electrons. The van der Waals surface area contributed by atoms with Gasteiger partial charge >= 0.3 is 0 Å². The van der Waals surface area contributed by atoms with E-state index in [1.54, 1.807) is 4.90 Å². The summed E-state index contributed by atoms with van der Waals surface area (Å²) in [4.78, 5) is 14.0. The van der Waals surface area contributed by atoms with Crippen molar-refractivity contribution in [1.29, 1.82) is 0 Å². The second kappa shape index (κ2) is 8.42. The molecular formula is C20H23NO4. The van der Waals surface area contributed by atoms with Crippen LogP contribution in [0.4, 0.5) is 0 Å². The lowest BCUT2D eigenvalue weighted by molar-refractivity contribution is -0.130. The third kappa shape index (κ3) is 4.89. The highest BCUT2D eigenvalue weighted by Gasteiger charge is 2.14. The summed E-state index contributed by atoms with van der Waals surface area (Å²) in [5, 5.41) is 0. The highest BCUT2D eigenvalue weighted by atomic mass is 16.6. The standard InChI is InChI=1S/C20H23NO4/c1-21(15-16-9-10-18-19(14-16)25-13-12-24-18)20(22)8-5-11-23-17-6-3-2-4-7-17/h2-4,6-7,9-10,14H,5,8,11-13,15H2,1H3. The second-order valence-corrected chi connectivity index (χ2v) is 5.99. The number of hydrogen-bond acceptors (Lipinski definition) is 4. The van der Waals surface area contributed by atoms with Crippen LogP contribution < -0.4 is 14.2 Å². The predicted octanol–water partition coefficient (Wildman–Crippen LogP) is 3.28. The van der Waals surface area contributed by atoms with E-state index < -0.39 is 0 Å². The van der Waals surface area contributed by atoms with Crippen LogP contribution in [0.25, 0.3) is 0 Å². The minimum absolute atomic E-state index is 0.103. The van der Waals surface area contributed by atoms with Crippen molar-refractivity contribution in [2.24, 2.45) is 0 Å². The lowest BCUT2D eigenvalue weighted by Crippen LogP contribution is -2.26. The Hall–Kier alpha value is -2.69. The van der Waals surface area contributed by atoms with Gasteiger partial charge in [-0.15, -0.1) is 0 Å². The van der Waals surface area contributed by atoms with E-state index in [2.05, 4.69) is 0 Å². The van der Waals surface area contributed by atoms with Crippen molar-refractivity contribution >= 4 is 5.91 Å². The molecule has 2 aromatic rings. The summed E-state index contributed by atoms with van der Waals surface area (Å²) in [6, 6.07) is 15.4. The predicted molar refractivity (Wildman–Crippen MR) is 95.1 cm³/mol. The number of hydrogen-bond donors (Lipinski definition) is 0. The van der Waals surface area contributed by atoms with E-state index in [0.29, 0.717) is 39.2 Å². The number of fused-ring (bicyclic) bond motifs is 1. The molecular weight excluding hydrogens is 318 g/mol. The van der Waals surface area contributed by atoms with Gasteiger partial charge in [0.2, 0.25) is 5.91 Å². The van der Waals surface area contributed by atoms with E-state index in [1.165, 1.54) is 0 Å². The Morgan fingerprint density at radius 3 is 2.64 bits per heavy atom. The van der Waals surface area contributed by atoms with Crippen molar-refractivity contribution in [2.75, 3.05) is 26.9 Å². The summed E-state index contributed by atoms with van der Waals surface area (Å²) in [5.41, 5.74) is 1.03. The highest BCUT2D eigenvalue weighted by Crippen LogP contribution is 2.31. The van der Waals surface area contributed by atoms with Gasteiger partial charge in [0.1, 0.15) is 19.0 Å². The van der Waals surface area contributed by atoms with Crippen LogP contribution in [0.2, 0.25) is 0 Å². The monoisotopic (exact) mass is 341 g/mol. The van der Waals surface area contributed by atoms with Gasteiger partial charge in [0.25, 0.3) is 0 Å². The van der Waals surface area contributed by atoms with Crippen molar-refractivity contribution in [1.82, 2.24) is 4.90 Å². The van der Waals surface area contributed by atoms with Crippen molar-refractivity contribution < 1.29 is 19.0 Å². The normalized spacial score (nSPS) is 12.5. The van der Waals surface area contributed by atoms with Gasteiger partial charge in [0, 0.05) is 20.0 Å². The lowest BCUT2D eigenvalue weighted by atomic mass is 10.1. The Bertz CT molecular complexity index is 702. The van der Waals surface area contributed by atoms with Crippen molar-refractivity contribution in [3.63, 3.8) is 0 Å². The van der Waals surface area contributed by atoms with Crippen LogP contribution in [-0.2, 0) is 11.3 Å². The second-order valence-electron chi connectivity index (χ2n) is 5.99. The molecule has 3 rings (SSSR count). The fourth-order valence-electron chi connectivity index (χ4n) is 2.67. The number of carbonyl (C=O) groups excluding carboxylic acids is 1. The van der Waals surface area contributed by atoms with Gasteiger partial charge in [0.15, 0.2) is 11.5 Å². The maximum absolute atomic E-state index is 12.3. The molecule has 1 aliphatic rings. The third-order valence-corrected chi connectivity index (χ3v) is 4.00. The van der Waals surface area contributed by atoms with Crippen LogP contribution in [0.3, 0.4) is 0 Å². The summed E-state index contributed by atoms with van der Waals surface area (Å²) in [7, 11) is 1.82.